The third-order valence-corrected chi connectivity index (χ3v) is 3.85. The number of hydrogen-bond acceptors (Lipinski definition) is 9. The minimum absolute atomic E-state index is 0.435. The molecule has 0 bridgehead atoms. The highest BCUT2D eigenvalue weighted by Gasteiger charge is 2.44. The Labute approximate surface area is 137 Å². The van der Waals surface area contributed by atoms with Crippen molar-refractivity contribution < 1.29 is 38.0 Å². The van der Waals surface area contributed by atoms with Gasteiger partial charge in [0.15, 0.2) is 0 Å². The molecule has 13 heteroatoms. The van der Waals surface area contributed by atoms with Gasteiger partial charge in [0.25, 0.3) is 0 Å². The topological polar surface area (TPSA) is 191 Å². The van der Waals surface area contributed by atoms with E-state index in [0.717, 1.165) is 19.4 Å². The van der Waals surface area contributed by atoms with Gasteiger partial charge in [0.2, 0.25) is 15.8 Å². The highest BCUT2D eigenvalue weighted by Crippen LogP contribution is 2.25. The van der Waals surface area contributed by atoms with Gasteiger partial charge in [-0.25, -0.2) is 17.9 Å². The van der Waals surface area contributed by atoms with Crippen LogP contribution in [0.2, 0.25) is 0 Å². The highest BCUT2D eigenvalue weighted by molar-refractivity contribution is 7.88. The quantitative estimate of drug-likeness (QED) is 0.168. The molecule has 12 nitrogen and oxygen atoms in total. The maximum Gasteiger partial charge on any atom is 0.372 e. The molecule has 5 atom stereocenters. The van der Waals surface area contributed by atoms with Crippen LogP contribution in [0.3, 0.4) is 0 Å². The van der Waals surface area contributed by atoms with Gasteiger partial charge < -0.3 is 24.8 Å². The molecule has 1 heterocycles. The smallest absolute Gasteiger partial charge is 0.372 e. The van der Waals surface area contributed by atoms with Crippen LogP contribution in [-0.2, 0) is 24.3 Å². The van der Waals surface area contributed by atoms with Crippen molar-refractivity contribution in [2.75, 3.05) is 20.0 Å². The summed E-state index contributed by atoms with van der Waals surface area (Å²) in [5, 5.41) is 32.0. The Bertz CT molecular complexity index is 644. The summed E-state index contributed by atoms with van der Waals surface area (Å²) in [4.78, 5) is 14.2. The number of aliphatic hydroxyl groups is 3. The normalized spacial score (nSPS) is 26.4. The number of esters is 1. The summed E-state index contributed by atoms with van der Waals surface area (Å²) in [7, 11) is -2.77. The summed E-state index contributed by atoms with van der Waals surface area (Å²) in [5.41, 5.74) is 8.64. The van der Waals surface area contributed by atoms with Gasteiger partial charge in [0.1, 0.15) is 18.3 Å². The van der Waals surface area contributed by atoms with Crippen molar-refractivity contribution in [1.82, 2.24) is 4.72 Å². The lowest BCUT2D eigenvalue weighted by molar-refractivity contribution is -0.147. The SMILES string of the molecule is COC(=O)C1=C[C@H](N=[N+]=[N-])[C@@H](NS(C)(=O)=O)[C@H]([C@@H](O)[C@H](O)CO)O1. The number of aliphatic hydroxyl groups excluding tert-OH is 3. The summed E-state index contributed by atoms with van der Waals surface area (Å²) in [6.45, 7) is -0.851. The molecule has 0 radical (unpaired) electrons. The number of sulfonamides is 1. The van der Waals surface area contributed by atoms with Crippen LogP contribution in [0.5, 0.6) is 0 Å². The largest absolute Gasteiger partial charge is 0.479 e. The van der Waals surface area contributed by atoms with Crippen molar-refractivity contribution >= 4 is 16.0 Å². The molecule has 0 aliphatic carbocycles. The van der Waals surface area contributed by atoms with E-state index in [1.807, 2.05) is 0 Å². The molecule has 0 saturated heterocycles. The Morgan fingerprint density at radius 2 is 2.21 bits per heavy atom. The minimum Gasteiger partial charge on any atom is -0.479 e. The van der Waals surface area contributed by atoms with E-state index < -0.39 is 58.8 Å². The van der Waals surface area contributed by atoms with Crippen LogP contribution in [0.15, 0.2) is 16.9 Å². The molecule has 0 spiro atoms. The van der Waals surface area contributed by atoms with Gasteiger partial charge in [-0.05, 0) is 11.6 Å². The van der Waals surface area contributed by atoms with Gasteiger partial charge in [-0.1, -0.05) is 5.11 Å². The van der Waals surface area contributed by atoms with Crippen LogP contribution in [0.25, 0.3) is 10.4 Å². The Morgan fingerprint density at radius 3 is 2.67 bits per heavy atom. The molecule has 1 aliphatic heterocycles. The summed E-state index contributed by atoms with van der Waals surface area (Å²) in [6, 6.07) is -2.58. The van der Waals surface area contributed by atoms with Crippen molar-refractivity contribution in [3.8, 4) is 0 Å². The number of methoxy groups -OCH3 is 1. The first-order valence-electron chi connectivity index (χ1n) is 6.60. The average molecular weight is 366 g/mol. The zero-order valence-corrected chi connectivity index (χ0v) is 13.6. The minimum atomic E-state index is -3.83. The van der Waals surface area contributed by atoms with Gasteiger partial charge in [-0.2, -0.15) is 0 Å². The fraction of sp³-hybridized carbons (Fsp3) is 0.727. The van der Waals surface area contributed by atoms with Crippen LogP contribution in [-0.4, -0.2) is 80.1 Å². The lowest BCUT2D eigenvalue weighted by Gasteiger charge is -2.38. The van der Waals surface area contributed by atoms with Crippen LogP contribution in [0.4, 0.5) is 0 Å². The number of azide groups is 1. The Hall–Kier alpha value is -1.89. The second kappa shape index (κ2) is 8.28. The standard InChI is InChI=1S/C11H18N4O8S/c1-22-11(19)7-3-5(13-15-12)8(14-24(2,20)21)10(23-7)9(18)6(17)4-16/h3,5-6,8-10,14,16-18H,4H2,1-2H3/t5-,6+,8+,9-,10+/m0/s1. The Kier molecular flexibility index (Phi) is 6.95. The molecule has 4 N–H and O–H groups in total. The first kappa shape index (κ1) is 20.2. The average Bonchev–Trinajstić information content (AvgIpc) is 2.52. The van der Waals surface area contributed by atoms with Crippen molar-refractivity contribution in [2.45, 2.75) is 30.4 Å². The molecule has 0 unspecified atom stereocenters. The van der Waals surface area contributed by atoms with Gasteiger partial charge >= 0.3 is 5.97 Å². The molecule has 0 aromatic carbocycles. The predicted octanol–water partition coefficient (Wildman–Crippen LogP) is -2.25. The van der Waals surface area contributed by atoms with Gasteiger partial charge in [0, 0.05) is 4.91 Å². The maximum absolute atomic E-state index is 11.6. The zero-order valence-electron chi connectivity index (χ0n) is 12.8. The number of nitrogens with one attached hydrogen (secondary N) is 1. The van der Waals surface area contributed by atoms with Gasteiger partial charge in [0.05, 0.1) is 32.1 Å². The second-order valence-electron chi connectivity index (χ2n) is 4.96. The van der Waals surface area contributed by atoms with Gasteiger partial charge in [-0.3, -0.25) is 0 Å². The van der Waals surface area contributed by atoms with E-state index in [1.54, 1.807) is 0 Å². The van der Waals surface area contributed by atoms with E-state index in [4.69, 9.17) is 15.4 Å². The van der Waals surface area contributed by atoms with Crippen molar-refractivity contribution in [3.63, 3.8) is 0 Å². The summed E-state index contributed by atoms with van der Waals surface area (Å²) >= 11 is 0. The van der Waals surface area contributed by atoms with E-state index in [9.17, 15) is 23.4 Å². The molecule has 1 rings (SSSR count). The molecular weight excluding hydrogens is 348 g/mol. The van der Waals surface area contributed by atoms with Crippen LogP contribution in [0, 0.1) is 0 Å². The monoisotopic (exact) mass is 366 g/mol. The number of carbonyl (C=O) groups excluding carboxylic acids is 1. The first-order chi connectivity index (χ1) is 11.1. The molecule has 136 valence electrons. The predicted molar refractivity (Wildman–Crippen MR) is 78.8 cm³/mol. The molecule has 0 aromatic rings. The molecule has 0 saturated carbocycles. The van der Waals surface area contributed by atoms with E-state index >= 15 is 0 Å². The van der Waals surface area contributed by atoms with Crippen molar-refractivity contribution in [3.05, 3.63) is 22.3 Å². The fourth-order valence-corrected chi connectivity index (χ4v) is 2.85. The van der Waals surface area contributed by atoms with Crippen LogP contribution < -0.4 is 4.72 Å². The number of hydrogen-bond donors (Lipinski definition) is 4. The molecule has 0 fully saturated rings. The summed E-state index contributed by atoms with van der Waals surface area (Å²) in [6.07, 6.45) is -3.16. The molecular formula is C11H18N4O8S. The summed E-state index contributed by atoms with van der Waals surface area (Å²) in [5.74, 6) is -1.39. The Balaban J connectivity index is 3.35. The van der Waals surface area contributed by atoms with Gasteiger partial charge in [-0.15, -0.1) is 0 Å². The number of nitrogens with zero attached hydrogens (tertiary/aromatic N) is 3. The highest BCUT2D eigenvalue weighted by atomic mass is 32.2. The van der Waals surface area contributed by atoms with Crippen molar-refractivity contribution in [2.24, 2.45) is 5.11 Å². The zero-order chi connectivity index (χ0) is 18.5. The third-order valence-electron chi connectivity index (χ3n) is 3.15. The first-order valence-corrected chi connectivity index (χ1v) is 8.49. The lowest BCUT2D eigenvalue weighted by Crippen LogP contribution is -2.59. The molecule has 24 heavy (non-hydrogen) atoms. The van der Waals surface area contributed by atoms with E-state index in [2.05, 4.69) is 19.5 Å². The number of ether oxygens (including phenoxy) is 2. The van der Waals surface area contributed by atoms with Crippen LogP contribution in [0.1, 0.15) is 0 Å². The number of carbonyl (C=O) groups is 1. The number of rotatable bonds is 7. The van der Waals surface area contributed by atoms with E-state index in [1.165, 1.54) is 0 Å². The van der Waals surface area contributed by atoms with E-state index in [0.29, 0.717) is 0 Å². The summed E-state index contributed by atoms with van der Waals surface area (Å²) < 4.78 is 34.8. The lowest BCUT2D eigenvalue weighted by atomic mass is 9.93. The van der Waals surface area contributed by atoms with E-state index in [-0.39, 0.29) is 0 Å². The molecule has 1 aliphatic rings. The Morgan fingerprint density at radius 1 is 1.58 bits per heavy atom. The molecule has 0 amide bonds. The molecule has 0 aromatic heterocycles. The van der Waals surface area contributed by atoms with Crippen LogP contribution >= 0.6 is 0 Å². The maximum atomic E-state index is 11.6. The second-order valence-corrected chi connectivity index (χ2v) is 6.74. The third kappa shape index (κ3) is 5.06. The van der Waals surface area contributed by atoms with Crippen molar-refractivity contribution in [1.29, 1.82) is 0 Å². The fourth-order valence-electron chi connectivity index (χ4n) is 2.09.